The van der Waals surface area contributed by atoms with E-state index in [9.17, 15) is 23.3 Å². The molecule has 0 aliphatic rings. The molecule has 9 nitrogen and oxygen atoms in total. The minimum Gasteiger partial charge on any atom is -0.373 e. The summed E-state index contributed by atoms with van der Waals surface area (Å²) in [6.07, 6.45) is 0.960. The Bertz CT molecular complexity index is 979. The lowest BCUT2D eigenvalue weighted by molar-refractivity contribution is -0.384. The van der Waals surface area contributed by atoms with Gasteiger partial charge in [-0.15, -0.1) is 0 Å². The summed E-state index contributed by atoms with van der Waals surface area (Å²) in [6.45, 7) is 2.01. The van der Waals surface area contributed by atoms with Crippen LogP contribution in [0, 0.1) is 17.0 Å². The summed E-state index contributed by atoms with van der Waals surface area (Å²) < 4.78 is 25.4. The summed E-state index contributed by atoms with van der Waals surface area (Å²) >= 11 is 0. The Morgan fingerprint density at radius 3 is 2.41 bits per heavy atom. The Kier molecular flexibility index (Phi) is 7.16. The molecule has 0 aliphatic heterocycles. The van der Waals surface area contributed by atoms with E-state index in [1.807, 2.05) is 42.3 Å². The Hall–Kier alpha value is -3.14. The minimum absolute atomic E-state index is 0.109. The van der Waals surface area contributed by atoms with Crippen LogP contribution < -0.4 is 14.5 Å². The molecule has 1 amide bonds. The minimum atomic E-state index is -3.82. The number of para-hydroxylation sites is 1. The van der Waals surface area contributed by atoms with Gasteiger partial charge >= 0.3 is 0 Å². The highest BCUT2D eigenvalue weighted by atomic mass is 32.2. The van der Waals surface area contributed by atoms with Crippen LogP contribution in [0.25, 0.3) is 0 Å². The zero-order valence-electron chi connectivity index (χ0n) is 16.5. The maximum Gasteiger partial charge on any atom is 0.271 e. The molecule has 0 bridgehead atoms. The van der Waals surface area contributed by atoms with Crippen molar-refractivity contribution >= 4 is 33.0 Å². The topological polar surface area (TPSA) is 113 Å². The first-order valence-corrected chi connectivity index (χ1v) is 10.7. The number of sulfonamides is 1. The fraction of sp³-hybridized carbons (Fsp3) is 0.316. The molecule has 0 aromatic heterocycles. The molecule has 2 aromatic carbocycles. The Morgan fingerprint density at radius 2 is 1.83 bits per heavy atom. The number of nitrogens with one attached hydrogen (secondary N) is 1. The van der Waals surface area contributed by atoms with Crippen molar-refractivity contribution < 1.29 is 18.1 Å². The van der Waals surface area contributed by atoms with Gasteiger partial charge in [0.15, 0.2) is 0 Å². The number of hydrogen-bond acceptors (Lipinski definition) is 6. The second kappa shape index (κ2) is 9.37. The van der Waals surface area contributed by atoms with Gasteiger partial charge < -0.3 is 10.2 Å². The number of nitro benzene ring substituents is 1. The highest BCUT2D eigenvalue weighted by Crippen LogP contribution is 2.27. The summed E-state index contributed by atoms with van der Waals surface area (Å²) in [4.78, 5) is 24.7. The fourth-order valence-electron chi connectivity index (χ4n) is 2.72. The van der Waals surface area contributed by atoms with Gasteiger partial charge in [0.2, 0.25) is 15.9 Å². The molecular formula is C19H24N4O5S. The lowest BCUT2D eigenvalue weighted by Gasteiger charge is -2.24. The molecule has 0 spiro atoms. The number of benzene rings is 2. The van der Waals surface area contributed by atoms with E-state index in [0.717, 1.165) is 22.3 Å². The summed E-state index contributed by atoms with van der Waals surface area (Å²) in [5.41, 5.74) is 1.37. The quantitative estimate of drug-likeness (QED) is 0.490. The van der Waals surface area contributed by atoms with Crippen LogP contribution in [0.2, 0.25) is 0 Å². The van der Waals surface area contributed by atoms with E-state index in [2.05, 4.69) is 5.32 Å². The maximum atomic E-state index is 12.4. The van der Waals surface area contributed by atoms with E-state index in [1.165, 1.54) is 12.1 Å². The molecule has 0 radical (unpaired) electrons. The number of aryl methyl sites for hydroxylation is 1. The van der Waals surface area contributed by atoms with Crippen LogP contribution in [-0.4, -0.2) is 52.2 Å². The number of rotatable bonds is 9. The van der Waals surface area contributed by atoms with Crippen molar-refractivity contribution in [2.75, 3.05) is 42.1 Å². The van der Waals surface area contributed by atoms with Crippen molar-refractivity contribution in [1.82, 2.24) is 5.32 Å². The molecule has 0 heterocycles. The molecular weight excluding hydrogens is 396 g/mol. The first kappa shape index (κ1) is 22.2. The average Bonchev–Trinajstić information content (AvgIpc) is 2.66. The van der Waals surface area contributed by atoms with E-state index in [-0.39, 0.29) is 11.4 Å². The molecule has 29 heavy (non-hydrogen) atoms. The molecule has 0 aliphatic carbocycles. The summed E-state index contributed by atoms with van der Waals surface area (Å²) in [5, 5.41) is 13.7. The van der Waals surface area contributed by atoms with Gasteiger partial charge in [0.1, 0.15) is 6.54 Å². The lowest BCUT2D eigenvalue weighted by Crippen LogP contribution is -2.42. The number of nitro groups is 1. The summed E-state index contributed by atoms with van der Waals surface area (Å²) in [7, 11) is -1.94. The lowest BCUT2D eigenvalue weighted by atomic mass is 10.2. The number of non-ortho nitro benzene ring substituents is 1. The number of nitrogens with zero attached hydrogens (tertiary/aromatic N) is 3. The van der Waals surface area contributed by atoms with Gasteiger partial charge in [0, 0.05) is 38.0 Å². The summed E-state index contributed by atoms with van der Waals surface area (Å²) in [5.74, 6) is -0.497. The van der Waals surface area contributed by atoms with E-state index >= 15 is 0 Å². The number of carbonyl (C=O) groups is 1. The van der Waals surface area contributed by atoms with Crippen molar-refractivity contribution in [3.63, 3.8) is 0 Å². The molecule has 156 valence electrons. The van der Waals surface area contributed by atoms with Gasteiger partial charge in [-0.3, -0.25) is 19.2 Å². The smallest absolute Gasteiger partial charge is 0.271 e. The molecule has 10 heteroatoms. The maximum absolute atomic E-state index is 12.4. The van der Waals surface area contributed by atoms with Crippen LogP contribution in [-0.2, 0) is 14.8 Å². The Labute approximate surface area is 170 Å². The second-order valence-electron chi connectivity index (χ2n) is 6.60. The Balaban J connectivity index is 2.07. The van der Waals surface area contributed by atoms with Crippen LogP contribution in [0.3, 0.4) is 0 Å². The fourth-order valence-corrected chi connectivity index (χ4v) is 3.63. The van der Waals surface area contributed by atoms with Gasteiger partial charge in [-0.25, -0.2) is 8.42 Å². The first-order chi connectivity index (χ1) is 13.6. The van der Waals surface area contributed by atoms with Crippen molar-refractivity contribution in [3.8, 4) is 0 Å². The molecule has 0 saturated heterocycles. The van der Waals surface area contributed by atoms with Gasteiger partial charge in [0.25, 0.3) is 5.69 Å². The van der Waals surface area contributed by atoms with Gasteiger partial charge in [-0.2, -0.15) is 0 Å². The van der Waals surface area contributed by atoms with Crippen molar-refractivity contribution in [3.05, 3.63) is 64.2 Å². The number of hydrogen-bond donors (Lipinski definition) is 1. The first-order valence-electron chi connectivity index (χ1n) is 8.85. The van der Waals surface area contributed by atoms with Crippen LogP contribution in [0.15, 0.2) is 48.5 Å². The molecule has 0 atom stereocenters. The highest BCUT2D eigenvalue weighted by Gasteiger charge is 2.24. The molecule has 0 fully saturated rings. The van der Waals surface area contributed by atoms with E-state index in [1.54, 1.807) is 6.92 Å². The predicted molar refractivity (Wildman–Crippen MR) is 113 cm³/mol. The molecule has 0 saturated carbocycles. The molecule has 2 rings (SSSR count). The van der Waals surface area contributed by atoms with Crippen molar-refractivity contribution in [2.24, 2.45) is 0 Å². The second-order valence-corrected chi connectivity index (χ2v) is 8.51. The predicted octanol–water partition coefficient (Wildman–Crippen LogP) is 1.92. The van der Waals surface area contributed by atoms with Crippen LogP contribution in [0.1, 0.15) is 5.56 Å². The van der Waals surface area contributed by atoms with Crippen LogP contribution in [0.5, 0.6) is 0 Å². The van der Waals surface area contributed by atoms with E-state index in [0.29, 0.717) is 18.7 Å². The summed E-state index contributed by atoms with van der Waals surface area (Å²) in [6, 6.07) is 13.5. The van der Waals surface area contributed by atoms with Gasteiger partial charge in [0.05, 0.1) is 16.9 Å². The van der Waals surface area contributed by atoms with E-state index in [4.69, 9.17) is 0 Å². The monoisotopic (exact) mass is 420 g/mol. The average molecular weight is 420 g/mol. The van der Waals surface area contributed by atoms with Gasteiger partial charge in [-0.05, 0) is 24.6 Å². The van der Waals surface area contributed by atoms with Crippen molar-refractivity contribution in [2.45, 2.75) is 6.92 Å². The third kappa shape index (κ3) is 6.18. The third-order valence-corrected chi connectivity index (χ3v) is 5.45. The number of anilines is 2. The number of amides is 1. The van der Waals surface area contributed by atoms with Crippen LogP contribution >= 0.6 is 0 Å². The highest BCUT2D eigenvalue weighted by molar-refractivity contribution is 7.92. The normalized spacial score (nSPS) is 11.0. The Morgan fingerprint density at radius 1 is 1.17 bits per heavy atom. The molecule has 1 N–H and O–H groups in total. The zero-order chi connectivity index (χ0) is 21.6. The molecule has 0 unspecified atom stereocenters. The van der Waals surface area contributed by atoms with Crippen molar-refractivity contribution in [1.29, 1.82) is 0 Å². The number of likely N-dealkylation sites (N-methyl/N-ethyl adjacent to an activating group) is 1. The largest absolute Gasteiger partial charge is 0.373 e. The third-order valence-electron chi connectivity index (χ3n) is 4.33. The number of carbonyl (C=O) groups excluding carboxylic acids is 1. The molecule has 2 aromatic rings. The van der Waals surface area contributed by atoms with Gasteiger partial charge in [-0.1, -0.05) is 24.3 Å². The van der Waals surface area contributed by atoms with E-state index < -0.39 is 27.4 Å². The standard InChI is InChI=1S/C19H24N4O5S/c1-15-9-10-17(23(25)26)13-18(15)22(29(3,27)28)14-19(24)20-11-12-21(2)16-7-5-4-6-8-16/h4-10,13H,11-12,14H2,1-3H3,(H,20,24). The zero-order valence-corrected chi connectivity index (χ0v) is 17.3. The van der Waals surface area contributed by atoms with Crippen LogP contribution in [0.4, 0.5) is 17.1 Å². The SMILES string of the molecule is Cc1ccc([N+](=O)[O-])cc1N(CC(=O)NCCN(C)c1ccccc1)S(C)(=O)=O.